The minimum atomic E-state index is -0.200. The molecular weight excluding hydrogens is 245 g/mol. The summed E-state index contributed by atoms with van der Waals surface area (Å²) in [5.74, 6) is -0.200. The lowest BCUT2D eigenvalue weighted by molar-refractivity contribution is 0.183. The van der Waals surface area contributed by atoms with Gasteiger partial charge in [-0.3, -0.25) is 4.68 Å². The van der Waals surface area contributed by atoms with E-state index in [0.29, 0.717) is 13.2 Å². The highest BCUT2D eigenvalue weighted by atomic mass is 19.1. The van der Waals surface area contributed by atoms with Crippen LogP contribution in [0.1, 0.15) is 11.1 Å². The molecular formula is C14H18FN3O. The summed E-state index contributed by atoms with van der Waals surface area (Å²) in [5, 5.41) is 7.49. The third-order valence-electron chi connectivity index (χ3n) is 2.95. The van der Waals surface area contributed by atoms with Crippen LogP contribution in [0, 0.1) is 12.7 Å². The van der Waals surface area contributed by atoms with Crippen molar-refractivity contribution in [3.05, 3.63) is 47.5 Å². The number of rotatable bonds is 6. The van der Waals surface area contributed by atoms with Crippen molar-refractivity contribution in [1.29, 1.82) is 0 Å². The van der Waals surface area contributed by atoms with Crippen molar-refractivity contribution < 1.29 is 9.13 Å². The molecule has 0 spiro atoms. The molecule has 0 aliphatic carbocycles. The second-order valence-electron chi connectivity index (χ2n) is 4.41. The minimum absolute atomic E-state index is 0.200. The summed E-state index contributed by atoms with van der Waals surface area (Å²) in [6.45, 7) is 3.93. The molecule has 0 bridgehead atoms. The van der Waals surface area contributed by atoms with E-state index in [1.54, 1.807) is 25.4 Å². The first-order chi connectivity index (χ1) is 9.19. The number of nitrogens with one attached hydrogen (secondary N) is 1. The highest BCUT2D eigenvalue weighted by Gasteiger charge is 2.02. The molecule has 0 aliphatic rings. The van der Waals surface area contributed by atoms with Gasteiger partial charge in [-0.25, -0.2) is 4.39 Å². The number of hydrogen-bond acceptors (Lipinski definition) is 3. The second-order valence-corrected chi connectivity index (χ2v) is 4.41. The van der Waals surface area contributed by atoms with Crippen LogP contribution >= 0.6 is 0 Å². The maximum Gasteiger partial charge on any atom is 0.123 e. The number of anilines is 1. The van der Waals surface area contributed by atoms with Crippen LogP contribution in [-0.2, 0) is 17.8 Å². The van der Waals surface area contributed by atoms with E-state index in [1.165, 1.54) is 6.07 Å². The van der Waals surface area contributed by atoms with Gasteiger partial charge in [-0.1, -0.05) is 6.07 Å². The van der Waals surface area contributed by atoms with Gasteiger partial charge in [0.05, 0.1) is 25.0 Å². The Balaban J connectivity index is 1.92. The van der Waals surface area contributed by atoms with Crippen LogP contribution in [0.4, 0.5) is 10.1 Å². The van der Waals surface area contributed by atoms with E-state index in [1.807, 2.05) is 17.8 Å². The lowest BCUT2D eigenvalue weighted by Crippen LogP contribution is -2.04. The van der Waals surface area contributed by atoms with E-state index in [0.717, 1.165) is 23.4 Å². The van der Waals surface area contributed by atoms with E-state index < -0.39 is 0 Å². The second kappa shape index (κ2) is 6.33. The number of ether oxygens (including phenoxy) is 1. The van der Waals surface area contributed by atoms with Crippen molar-refractivity contribution in [3.8, 4) is 0 Å². The van der Waals surface area contributed by atoms with Gasteiger partial charge in [-0.15, -0.1) is 0 Å². The molecule has 5 heteroatoms. The number of nitrogens with zero attached hydrogens (tertiary/aromatic N) is 2. The molecule has 0 saturated heterocycles. The Morgan fingerprint density at radius 3 is 3.00 bits per heavy atom. The number of aromatic nitrogens is 2. The average molecular weight is 263 g/mol. The molecule has 1 aromatic carbocycles. The zero-order valence-corrected chi connectivity index (χ0v) is 11.2. The number of hydrogen-bond donors (Lipinski definition) is 1. The molecule has 1 heterocycles. The van der Waals surface area contributed by atoms with Crippen LogP contribution in [-0.4, -0.2) is 23.5 Å². The van der Waals surface area contributed by atoms with Gasteiger partial charge in [0.1, 0.15) is 5.82 Å². The largest absolute Gasteiger partial charge is 0.383 e. The lowest BCUT2D eigenvalue weighted by atomic mass is 10.1. The van der Waals surface area contributed by atoms with Gasteiger partial charge in [-0.05, 0) is 30.2 Å². The van der Waals surface area contributed by atoms with E-state index in [2.05, 4.69) is 10.4 Å². The van der Waals surface area contributed by atoms with Gasteiger partial charge >= 0.3 is 0 Å². The molecule has 0 unspecified atom stereocenters. The predicted octanol–water partition coefficient (Wildman–Crippen LogP) is 2.59. The van der Waals surface area contributed by atoms with Gasteiger partial charge < -0.3 is 10.1 Å². The van der Waals surface area contributed by atoms with Gasteiger partial charge in [0.15, 0.2) is 0 Å². The standard InChI is InChI=1S/C14H18FN3O/c1-11-7-13(15)4-3-12(11)8-16-14-9-17-18(10-14)5-6-19-2/h3-4,7,9-10,16H,5-6,8H2,1-2H3. The maximum atomic E-state index is 13.0. The third kappa shape index (κ3) is 3.79. The van der Waals surface area contributed by atoms with Crippen molar-refractivity contribution in [2.45, 2.75) is 20.0 Å². The van der Waals surface area contributed by atoms with Crippen molar-refractivity contribution in [2.24, 2.45) is 0 Å². The van der Waals surface area contributed by atoms with Crippen LogP contribution in [0.25, 0.3) is 0 Å². The fraction of sp³-hybridized carbons (Fsp3) is 0.357. The van der Waals surface area contributed by atoms with Crippen LogP contribution in [0.5, 0.6) is 0 Å². The van der Waals surface area contributed by atoms with Crippen molar-refractivity contribution in [1.82, 2.24) is 9.78 Å². The molecule has 102 valence electrons. The molecule has 1 aromatic heterocycles. The van der Waals surface area contributed by atoms with Gasteiger partial charge in [-0.2, -0.15) is 5.10 Å². The average Bonchev–Trinajstić information content (AvgIpc) is 2.83. The summed E-state index contributed by atoms with van der Waals surface area (Å²) in [7, 11) is 1.67. The predicted molar refractivity (Wildman–Crippen MR) is 72.6 cm³/mol. The van der Waals surface area contributed by atoms with Crippen molar-refractivity contribution in [3.63, 3.8) is 0 Å². The van der Waals surface area contributed by atoms with Gasteiger partial charge in [0.25, 0.3) is 0 Å². The monoisotopic (exact) mass is 263 g/mol. The summed E-state index contributed by atoms with van der Waals surface area (Å²) < 4.78 is 19.8. The third-order valence-corrected chi connectivity index (χ3v) is 2.95. The van der Waals surface area contributed by atoms with Crippen LogP contribution in [0.2, 0.25) is 0 Å². The van der Waals surface area contributed by atoms with E-state index >= 15 is 0 Å². The fourth-order valence-corrected chi connectivity index (χ4v) is 1.82. The lowest BCUT2D eigenvalue weighted by Gasteiger charge is -2.07. The molecule has 0 saturated carbocycles. The Labute approximate surface area is 112 Å². The molecule has 0 aliphatic heterocycles. The Morgan fingerprint density at radius 2 is 2.26 bits per heavy atom. The first-order valence-electron chi connectivity index (χ1n) is 6.19. The first-order valence-corrected chi connectivity index (χ1v) is 6.19. The number of halogens is 1. The number of aryl methyl sites for hydroxylation is 1. The molecule has 2 rings (SSSR count). The van der Waals surface area contributed by atoms with Gasteiger partial charge in [0, 0.05) is 19.9 Å². The van der Waals surface area contributed by atoms with E-state index in [-0.39, 0.29) is 5.82 Å². The molecule has 19 heavy (non-hydrogen) atoms. The summed E-state index contributed by atoms with van der Waals surface area (Å²) in [6, 6.07) is 4.82. The zero-order valence-electron chi connectivity index (χ0n) is 11.2. The Bertz CT molecular complexity index is 539. The smallest absolute Gasteiger partial charge is 0.123 e. The van der Waals surface area contributed by atoms with Gasteiger partial charge in [0.2, 0.25) is 0 Å². The van der Waals surface area contributed by atoms with Crippen LogP contribution in [0.15, 0.2) is 30.6 Å². The van der Waals surface area contributed by atoms with Crippen molar-refractivity contribution >= 4 is 5.69 Å². The van der Waals surface area contributed by atoms with Crippen LogP contribution < -0.4 is 5.32 Å². The highest BCUT2D eigenvalue weighted by molar-refractivity contribution is 5.40. The van der Waals surface area contributed by atoms with E-state index in [4.69, 9.17) is 4.74 Å². The quantitative estimate of drug-likeness (QED) is 0.870. The summed E-state index contributed by atoms with van der Waals surface area (Å²) in [4.78, 5) is 0. The fourth-order valence-electron chi connectivity index (χ4n) is 1.82. The molecule has 2 aromatic rings. The Morgan fingerprint density at radius 1 is 1.42 bits per heavy atom. The molecule has 0 amide bonds. The maximum absolute atomic E-state index is 13.0. The van der Waals surface area contributed by atoms with E-state index in [9.17, 15) is 4.39 Å². The number of methoxy groups -OCH3 is 1. The topological polar surface area (TPSA) is 39.1 Å². The molecule has 0 radical (unpaired) electrons. The van der Waals surface area contributed by atoms with Crippen LogP contribution in [0.3, 0.4) is 0 Å². The summed E-state index contributed by atoms with van der Waals surface area (Å²) >= 11 is 0. The Hall–Kier alpha value is -1.88. The first kappa shape index (κ1) is 13.5. The molecule has 0 atom stereocenters. The SMILES string of the molecule is COCCn1cc(NCc2ccc(F)cc2C)cn1. The zero-order chi connectivity index (χ0) is 13.7. The number of benzene rings is 1. The Kier molecular flexibility index (Phi) is 4.52. The molecule has 4 nitrogen and oxygen atoms in total. The summed E-state index contributed by atoms with van der Waals surface area (Å²) in [6.07, 6.45) is 3.70. The molecule has 1 N–H and O–H groups in total. The highest BCUT2D eigenvalue weighted by Crippen LogP contribution is 2.13. The summed E-state index contributed by atoms with van der Waals surface area (Å²) in [5.41, 5.74) is 2.96. The minimum Gasteiger partial charge on any atom is -0.383 e. The molecule has 0 fully saturated rings. The normalized spacial score (nSPS) is 10.7. The van der Waals surface area contributed by atoms with Crippen molar-refractivity contribution in [2.75, 3.05) is 19.0 Å².